The van der Waals surface area contributed by atoms with Gasteiger partial charge in [-0.25, -0.2) is 13.2 Å². The number of piperazine rings is 1. The van der Waals surface area contributed by atoms with Gasteiger partial charge in [0, 0.05) is 30.8 Å². The van der Waals surface area contributed by atoms with Crippen molar-refractivity contribution in [2.24, 2.45) is 0 Å². The van der Waals surface area contributed by atoms with Gasteiger partial charge in [-0.15, -0.1) is 0 Å². The zero-order valence-electron chi connectivity index (χ0n) is 28.0. The fourth-order valence-electron chi connectivity index (χ4n) is 7.66. The lowest BCUT2D eigenvalue weighted by Gasteiger charge is -2.51. The van der Waals surface area contributed by atoms with Gasteiger partial charge in [-0.3, -0.25) is 28.8 Å². The summed E-state index contributed by atoms with van der Waals surface area (Å²) in [5.41, 5.74) is -1.44. The number of ether oxygens (including phenoxy) is 1. The fraction of sp³-hybridized carbons (Fsp3) is 0.351. The minimum Gasteiger partial charge on any atom is -0.507 e. The fourth-order valence-corrected chi connectivity index (χ4v) is 7.66. The largest absolute Gasteiger partial charge is 0.507 e. The molecule has 5 heterocycles. The second kappa shape index (κ2) is 12.3. The van der Waals surface area contributed by atoms with E-state index in [1.54, 1.807) is 31.0 Å². The number of pyridine rings is 2. The van der Waals surface area contributed by atoms with Crippen molar-refractivity contribution in [3.8, 4) is 22.6 Å². The monoisotopic (exact) mass is 687 g/mol. The first-order valence-corrected chi connectivity index (χ1v) is 16.5. The summed E-state index contributed by atoms with van der Waals surface area (Å²) in [7, 11) is 0. The summed E-state index contributed by atoms with van der Waals surface area (Å²) in [6.07, 6.45) is 3.13. The first-order chi connectivity index (χ1) is 23.9. The third-order valence-electron chi connectivity index (χ3n) is 9.99. The van der Waals surface area contributed by atoms with E-state index in [9.17, 15) is 14.7 Å². The van der Waals surface area contributed by atoms with Crippen LogP contribution in [-0.2, 0) is 14.3 Å². The molecule has 2 aromatic carbocycles. The topological polar surface area (TPSA) is 108 Å². The number of phenolic OH excluding ortho intramolecular Hbond substituents is 1. The molecule has 2 amide bonds. The molecule has 13 heteroatoms. The van der Waals surface area contributed by atoms with Crippen molar-refractivity contribution in [3.63, 3.8) is 0 Å². The molecule has 0 aliphatic carbocycles. The van der Waals surface area contributed by atoms with Crippen molar-refractivity contribution in [3.05, 3.63) is 88.2 Å². The molecule has 0 bridgehead atoms. The molecule has 3 atom stereocenters. The van der Waals surface area contributed by atoms with Crippen LogP contribution in [-0.4, -0.2) is 75.8 Å². The Kier molecular flexibility index (Phi) is 8.20. The highest BCUT2D eigenvalue weighted by Gasteiger charge is 2.49. The van der Waals surface area contributed by atoms with E-state index in [4.69, 9.17) is 4.74 Å². The average molecular weight is 688 g/mol. The van der Waals surface area contributed by atoms with Crippen molar-refractivity contribution in [2.45, 2.75) is 58.2 Å². The van der Waals surface area contributed by atoms with Crippen LogP contribution in [0.25, 0.3) is 27.7 Å². The van der Waals surface area contributed by atoms with E-state index in [1.807, 2.05) is 13.8 Å². The highest BCUT2D eigenvalue weighted by Crippen LogP contribution is 2.47. The van der Waals surface area contributed by atoms with Crippen molar-refractivity contribution in [1.82, 2.24) is 14.5 Å². The summed E-state index contributed by atoms with van der Waals surface area (Å²) in [6, 6.07) is 3.93. The number of hydrogen-bond donors (Lipinski definition) is 1. The zero-order valence-corrected chi connectivity index (χ0v) is 28.0. The number of halogens is 3. The Hall–Kier alpha value is -5.17. The molecule has 3 aliphatic rings. The zero-order chi connectivity index (χ0) is 35.8. The Morgan fingerprint density at radius 1 is 1.08 bits per heavy atom. The van der Waals surface area contributed by atoms with Crippen LogP contribution >= 0.6 is 0 Å². The summed E-state index contributed by atoms with van der Waals surface area (Å²) >= 11 is 0. The van der Waals surface area contributed by atoms with Crippen LogP contribution in [0.3, 0.4) is 0 Å². The molecule has 3 aliphatic heterocycles. The number of aryl methyl sites for hydroxylation is 1. The predicted molar refractivity (Wildman–Crippen MR) is 182 cm³/mol. The van der Waals surface area contributed by atoms with E-state index in [0.717, 1.165) is 28.8 Å². The van der Waals surface area contributed by atoms with E-state index in [1.165, 1.54) is 15.9 Å². The Bertz CT molecular complexity index is 2140. The lowest BCUT2D eigenvalue weighted by atomic mass is 9.93. The standard InChI is InChI=1S/C37H36F3N5O5/c1-6-27(47)42-16-25-36(48)44(21-11-13-50-17-21)35-34(43(25)15-20(42)5)22-14-24(39)29(28-23(38)8-7-9-26(28)46)30(40)33(22)45(37(35)49)32-19(4)10-12-41-31(32)18(2)3/h6-10,12,14,18,20-21,25,46H,1,11,13,15-17H2,2-5H3. The number of fused-ring (bicyclic) bond motifs is 5. The first kappa shape index (κ1) is 33.3. The summed E-state index contributed by atoms with van der Waals surface area (Å²) < 4.78 is 56.0. The number of hydrogen-bond acceptors (Lipinski definition) is 7. The van der Waals surface area contributed by atoms with Crippen molar-refractivity contribution < 1.29 is 32.6 Å². The van der Waals surface area contributed by atoms with Gasteiger partial charge in [0.15, 0.2) is 5.82 Å². The van der Waals surface area contributed by atoms with E-state index in [-0.39, 0.29) is 59.5 Å². The smallest absolute Gasteiger partial charge is 0.281 e. The minimum absolute atomic E-state index is 0.0516. The number of benzene rings is 2. The number of carbonyl (C=O) groups excluding carboxylic acids is 2. The molecular weight excluding hydrogens is 651 g/mol. The number of nitrogens with zero attached hydrogens (tertiary/aromatic N) is 5. The molecule has 3 unspecified atom stereocenters. The molecule has 2 saturated heterocycles. The Morgan fingerprint density at radius 3 is 2.50 bits per heavy atom. The molecule has 2 aromatic heterocycles. The van der Waals surface area contributed by atoms with Crippen molar-refractivity contribution in [1.29, 1.82) is 0 Å². The number of rotatable bonds is 5. The molecule has 50 heavy (non-hydrogen) atoms. The Balaban J connectivity index is 1.67. The molecule has 7 rings (SSSR count). The molecule has 0 saturated carbocycles. The van der Waals surface area contributed by atoms with Crippen LogP contribution in [0.5, 0.6) is 5.75 Å². The summed E-state index contributed by atoms with van der Waals surface area (Å²) in [6.45, 7) is 11.3. The Morgan fingerprint density at radius 2 is 1.84 bits per heavy atom. The highest BCUT2D eigenvalue weighted by atomic mass is 19.1. The van der Waals surface area contributed by atoms with Gasteiger partial charge in [-0.1, -0.05) is 26.5 Å². The lowest BCUT2D eigenvalue weighted by molar-refractivity contribution is -0.130. The first-order valence-electron chi connectivity index (χ1n) is 16.5. The van der Waals surface area contributed by atoms with E-state index >= 15 is 18.0 Å². The summed E-state index contributed by atoms with van der Waals surface area (Å²) in [4.78, 5) is 51.8. The van der Waals surface area contributed by atoms with Crippen molar-refractivity contribution in [2.75, 3.05) is 36.1 Å². The normalized spacial score (nSPS) is 20.4. The van der Waals surface area contributed by atoms with Gasteiger partial charge in [-0.2, -0.15) is 0 Å². The van der Waals surface area contributed by atoms with E-state index in [2.05, 4.69) is 11.6 Å². The maximum absolute atomic E-state index is 17.4. The van der Waals surface area contributed by atoms with Crippen molar-refractivity contribution >= 4 is 34.1 Å². The third kappa shape index (κ3) is 4.89. The SMILES string of the molecule is C=CC(=O)N1CC2C(=O)N(C3CCOC3)c3c(c4cc(F)c(-c5c(O)cccc5F)c(F)c4n(-c4c(C)ccnc4C(C)C)c3=O)N2CC1C. The molecular formula is C37H36F3N5O5. The number of aromatic hydroxyl groups is 1. The number of carbonyl (C=O) groups is 2. The molecule has 260 valence electrons. The quantitative estimate of drug-likeness (QED) is 0.283. The van der Waals surface area contributed by atoms with Crippen LogP contribution in [0.1, 0.15) is 44.4 Å². The number of aromatic nitrogens is 2. The molecule has 2 fully saturated rings. The van der Waals surface area contributed by atoms with Gasteiger partial charge in [0.25, 0.3) is 11.5 Å². The van der Waals surface area contributed by atoms with Gasteiger partial charge in [0.2, 0.25) is 5.91 Å². The van der Waals surface area contributed by atoms with Gasteiger partial charge in [-0.05, 0) is 62.1 Å². The van der Waals surface area contributed by atoms with Crippen LogP contribution in [0.4, 0.5) is 24.5 Å². The third-order valence-corrected chi connectivity index (χ3v) is 9.99. The number of amides is 2. The highest BCUT2D eigenvalue weighted by molar-refractivity contribution is 6.13. The summed E-state index contributed by atoms with van der Waals surface area (Å²) in [5, 5.41) is 10.6. The van der Waals surface area contributed by atoms with Crippen LogP contribution in [0.2, 0.25) is 0 Å². The van der Waals surface area contributed by atoms with Gasteiger partial charge in [0.05, 0.1) is 52.9 Å². The Labute approximate surface area is 286 Å². The molecule has 0 radical (unpaired) electrons. The maximum atomic E-state index is 17.4. The summed E-state index contributed by atoms with van der Waals surface area (Å²) in [5.74, 6) is -5.32. The predicted octanol–water partition coefficient (Wildman–Crippen LogP) is 5.33. The second-order valence-corrected chi connectivity index (χ2v) is 13.4. The lowest BCUT2D eigenvalue weighted by Crippen LogP contribution is -2.68. The average Bonchev–Trinajstić information content (AvgIpc) is 3.61. The van der Waals surface area contributed by atoms with Gasteiger partial charge < -0.3 is 19.6 Å². The van der Waals surface area contributed by atoms with Crippen LogP contribution in [0.15, 0.2) is 54.0 Å². The molecule has 1 N–H and O–H groups in total. The van der Waals surface area contributed by atoms with Gasteiger partial charge in [0.1, 0.15) is 29.1 Å². The van der Waals surface area contributed by atoms with E-state index in [0.29, 0.717) is 24.3 Å². The van der Waals surface area contributed by atoms with Crippen LogP contribution in [0, 0.1) is 24.4 Å². The molecule has 0 spiro atoms. The minimum atomic E-state index is -1.28. The molecule has 10 nitrogen and oxygen atoms in total. The van der Waals surface area contributed by atoms with Crippen LogP contribution < -0.4 is 15.4 Å². The number of anilines is 2. The molecule has 4 aromatic rings. The maximum Gasteiger partial charge on any atom is 0.281 e. The van der Waals surface area contributed by atoms with Gasteiger partial charge >= 0.3 is 0 Å². The second-order valence-electron chi connectivity index (χ2n) is 13.4. The van der Waals surface area contributed by atoms with E-state index < -0.39 is 63.9 Å². The number of phenols is 1.